The Morgan fingerprint density at radius 2 is 1.47 bits per heavy atom. The monoisotopic (exact) mass is 418 g/mol. The average Bonchev–Trinajstić information content (AvgIpc) is 2.75. The zero-order valence-electron chi connectivity index (χ0n) is 16.8. The maximum atomic E-state index is 14.5. The van der Waals surface area contributed by atoms with Crippen LogP contribution in [-0.2, 0) is 6.61 Å². The molecular weight excluding hydrogens is 396 g/mol. The first-order valence-corrected chi connectivity index (χ1v) is 9.69. The van der Waals surface area contributed by atoms with E-state index in [1.54, 1.807) is 24.3 Å². The topological polar surface area (TPSA) is 18.5 Å². The normalized spacial score (nSPS) is 10.9. The van der Waals surface area contributed by atoms with Crippen LogP contribution < -0.4 is 9.47 Å². The molecule has 3 aromatic carbocycles. The van der Waals surface area contributed by atoms with Crippen LogP contribution in [0.3, 0.4) is 0 Å². The zero-order chi connectivity index (χ0) is 21.7. The molecule has 0 saturated heterocycles. The minimum atomic E-state index is -1.03. The first kappa shape index (κ1) is 21.7. The fourth-order valence-corrected chi connectivity index (χ4v) is 2.88. The van der Waals surface area contributed by atoms with E-state index in [0.29, 0.717) is 17.9 Å². The highest BCUT2D eigenvalue weighted by molar-refractivity contribution is 5.66. The Morgan fingerprint density at radius 1 is 0.733 bits per heavy atom. The number of rotatable bonds is 8. The van der Waals surface area contributed by atoms with Gasteiger partial charge in [0, 0.05) is 11.1 Å². The third-order valence-electron chi connectivity index (χ3n) is 4.72. The van der Waals surface area contributed by atoms with Crippen molar-refractivity contribution in [2.24, 2.45) is 0 Å². The van der Waals surface area contributed by atoms with E-state index in [4.69, 9.17) is 9.47 Å². The SMILES string of the molecule is CCCCOc1ccc(-c2ccc(OCc3ccc(C)c(F)c3F)cc2)c(F)c1F. The van der Waals surface area contributed by atoms with E-state index >= 15 is 0 Å². The number of aryl methyl sites for hydroxylation is 1. The highest BCUT2D eigenvalue weighted by Crippen LogP contribution is 2.31. The first-order valence-electron chi connectivity index (χ1n) is 9.69. The first-order chi connectivity index (χ1) is 14.4. The molecule has 6 heteroatoms. The lowest BCUT2D eigenvalue weighted by atomic mass is 10.0. The summed E-state index contributed by atoms with van der Waals surface area (Å²) in [5, 5.41) is 0. The van der Waals surface area contributed by atoms with E-state index in [0.717, 1.165) is 12.8 Å². The van der Waals surface area contributed by atoms with Crippen molar-refractivity contribution in [2.75, 3.05) is 6.61 Å². The molecule has 2 nitrogen and oxygen atoms in total. The van der Waals surface area contributed by atoms with Gasteiger partial charge in [-0.25, -0.2) is 13.2 Å². The van der Waals surface area contributed by atoms with Crippen LogP contribution in [0.4, 0.5) is 17.6 Å². The second kappa shape index (κ2) is 9.65. The standard InChI is InChI=1S/C24H22F4O2/c1-3-4-13-29-20-12-11-19(23(27)24(20)28)16-7-9-18(10-8-16)30-14-17-6-5-15(2)21(25)22(17)26/h5-12H,3-4,13-14H2,1-2H3. The second-order valence-electron chi connectivity index (χ2n) is 6.92. The summed E-state index contributed by atoms with van der Waals surface area (Å²) in [6.07, 6.45) is 1.64. The highest BCUT2D eigenvalue weighted by Gasteiger charge is 2.16. The average molecular weight is 418 g/mol. The molecule has 0 aliphatic heterocycles. The van der Waals surface area contributed by atoms with Crippen LogP contribution in [-0.4, -0.2) is 6.61 Å². The van der Waals surface area contributed by atoms with Crippen LogP contribution in [0.1, 0.15) is 30.9 Å². The Labute approximate surface area is 173 Å². The molecule has 0 unspecified atom stereocenters. The minimum Gasteiger partial charge on any atom is -0.490 e. The van der Waals surface area contributed by atoms with Gasteiger partial charge in [0.1, 0.15) is 12.4 Å². The van der Waals surface area contributed by atoms with Gasteiger partial charge in [0.2, 0.25) is 5.82 Å². The van der Waals surface area contributed by atoms with Gasteiger partial charge in [-0.05, 0) is 48.7 Å². The summed E-state index contributed by atoms with van der Waals surface area (Å²) in [6.45, 7) is 3.62. The molecule has 0 aliphatic rings. The van der Waals surface area contributed by atoms with Crippen molar-refractivity contribution in [3.63, 3.8) is 0 Å². The second-order valence-corrected chi connectivity index (χ2v) is 6.92. The summed E-state index contributed by atoms with van der Waals surface area (Å²) >= 11 is 0. The van der Waals surface area contributed by atoms with Crippen molar-refractivity contribution < 1.29 is 27.0 Å². The molecule has 0 saturated carbocycles. The molecule has 30 heavy (non-hydrogen) atoms. The predicted octanol–water partition coefficient (Wildman–Crippen LogP) is 6.98. The maximum absolute atomic E-state index is 14.5. The summed E-state index contributed by atoms with van der Waals surface area (Å²) in [5.41, 5.74) is 0.852. The van der Waals surface area contributed by atoms with E-state index in [2.05, 4.69) is 0 Å². The summed E-state index contributed by atoms with van der Waals surface area (Å²) in [6, 6.07) is 12.1. The molecule has 0 bridgehead atoms. The Morgan fingerprint density at radius 3 is 2.17 bits per heavy atom. The van der Waals surface area contributed by atoms with Crippen molar-refractivity contribution in [3.05, 3.63) is 82.9 Å². The molecule has 0 N–H and O–H groups in total. The fraction of sp³-hybridized carbons (Fsp3) is 0.250. The molecule has 0 atom stereocenters. The van der Waals surface area contributed by atoms with Crippen molar-refractivity contribution in [1.29, 1.82) is 0 Å². The third-order valence-corrected chi connectivity index (χ3v) is 4.72. The molecule has 0 spiro atoms. The Bertz CT molecular complexity index is 1020. The Kier molecular flexibility index (Phi) is 6.98. The van der Waals surface area contributed by atoms with E-state index in [1.807, 2.05) is 6.92 Å². The van der Waals surface area contributed by atoms with Crippen molar-refractivity contribution in [1.82, 2.24) is 0 Å². The van der Waals surface area contributed by atoms with Crippen molar-refractivity contribution >= 4 is 0 Å². The molecule has 0 fully saturated rings. The maximum Gasteiger partial charge on any atom is 0.201 e. The molecule has 0 aliphatic carbocycles. The van der Waals surface area contributed by atoms with Crippen LogP contribution in [0.2, 0.25) is 0 Å². The lowest BCUT2D eigenvalue weighted by Crippen LogP contribution is -2.02. The number of hydrogen-bond donors (Lipinski definition) is 0. The summed E-state index contributed by atoms with van der Waals surface area (Å²) < 4.78 is 67.1. The molecule has 3 aromatic rings. The van der Waals surface area contributed by atoms with Crippen molar-refractivity contribution in [2.45, 2.75) is 33.3 Å². The van der Waals surface area contributed by atoms with E-state index in [1.165, 1.54) is 31.2 Å². The molecule has 0 radical (unpaired) electrons. The van der Waals surface area contributed by atoms with Gasteiger partial charge in [0.15, 0.2) is 23.2 Å². The zero-order valence-corrected chi connectivity index (χ0v) is 16.8. The third kappa shape index (κ3) is 4.75. The van der Waals surface area contributed by atoms with Gasteiger partial charge in [-0.2, -0.15) is 4.39 Å². The fourth-order valence-electron chi connectivity index (χ4n) is 2.88. The van der Waals surface area contributed by atoms with Gasteiger partial charge in [-0.15, -0.1) is 0 Å². The number of benzene rings is 3. The highest BCUT2D eigenvalue weighted by atomic mass is 19.2. The lowest BCUT2D eigenvalue weighted by molar-refractivity contribution is 0.289. The van der Waals surface area contributed by atoms with E-state index < -0.39 is 23.3 Å². The van der Waals surface area contributed by atoms with Crippen molar-refractivity contribution in [3.8, 4) is 22.6 Å². The summed E-state index contributed by atoms with van der Waals surface area (Å²) in [5.74, 6) is -3.58. The predicted molar refractivity (Wildman–Crippen MR) is 108 cm³/mol. The minimum absolute atomic E-state index is 0.0912. The number of hydrogen-bond acceptors (Lipinski definition) is 2. The molecule has 3 rings (SSSR count). The largest absolute Gasteiger partial charge is 0.490 e. The molecule has 0 amide bonds. The van der Waals surface area contributed by atoms with Gasteiger partial charge in [-0.3, -0.25) is 0 Å². The van der Waals surface area contributed by atoms with Crippen LogP contribution >= 0.6 is 0 Å². The van der Waals surface area contributed by atoms with Crippen LogP contribution in [0.25, 0.3) is 11.1 Å². The summed E-state index contributed by atoms with van der Waals surface area (Å²) in [4.78, 5) is 0. The molecule has 0 heterocycles. The Balaban J connectivity index is 1.71. The number of ether oxygens (including phenoxy) is 2. The molecule has 0 aromatic heterocycles. The van der Waals surface area contributed by atoms with Gasteiger partial charge in [0.05, 0.1) is 6.61 Å². The molecule has 158 valence electrons. The smallest absolute Gasteiger partial charge is 0.201 e. The number of unbranched alkanes of at least 4 members (excludes halogenated alkanes) is 1. The van der Waals surface area contributed by atoms with Gasteiger partial charge in [0.25, 0.3) is 0 Å². The Hall–Kier alpha value is -3.02. The van der Waals surface area contributed by atoms with Gasteiger partial charge >= 0.3 is 0 Å². The number of halogens is 4. The quantitative estimate of drug-likeness (QED) is 0.290. The lowest BCUT2D eigenvalue weighted by Gasteiger charge is -2.11. The molecular formula is C24H22F4O2. The van der Waals surface area contributed by atoms with E-state index in [-0.39, 0.29) is 29.0 Å². The van der Waals surface area contributed by atoms with Gasteiger partial charge in [-0.1, -0.05) is 37.6 Å². The van der Waals surface area contributed by atoms with Gasteiger partial charge < -0.3 is 9.47 Å². The van der Waals surface area contributed by atoms with Crippen LogP contribution in [0, 0.1) is 30.2 Å². The van der Waals surface area contributed by atoms with Crippen LogP contribution in [0.15, 0.2) is 48.5 Å². The summed E-state index contributed by atoms with van der Waals surface area (Å²) in [7, 11) is 0. The van der Waals surface area contributed by atoms with E-state index in [9.17, 15) is 17.6 Å². The van der Waals surface area contributed by atoms with Crippen LogP contribution in [0.5, 0.6) is 11.5 Å².